The molecular formula is C16H25N3O3S. The van der Waals surface area contributed by atoms with Crippen LogP contribution in [0.15, 0.2) is 5.16 Å². The molecule has 0 spiro atoms. The number of aryl methyl sites for hydroxylation is 1. The van der Waals surface area contributed by atoms with Crippen molar-refractivity contribution in [3.8, 4) is 0 Å². The molecule has 1 aliphatic carbocycles. The standard InChI is InChI=1S/C16H25N3O3S/c1-8-9(2)17-15(23-5)19-14(8)18-11-6-10(7-20)12-13(11)22-16(3,4)21-12/h10-13,20H,6-7H2,1-5H3,(H,17,18,19). The summed E-state index contributed by atoms with van der Waals surface area (Å²) < 4.78 is 12.1. The first-order chi connectivity index (χ1) is 10.8. The number of rotatable bonds is 4. The lowest BCUT2D eigenvalue weighted by Gasteiger charge is -2.24. The summed E-state index contributed by atoms with van der Waals surface area (Å²) >= 11 is 1.53. The first-order valence-electron chi connectivity index (χ1n) is 7.97. The van der Waals surface area contributed by atoms with Crippen molar-refractivity contribution < 1.29 is 14.6 Å². The Balaban J connectivity index is 1.84. The summed E-state index contributed by atoms with van der Waals surface area (Å²) in [4.78, 5) is 9.06. The van der Waals surface area contributed by atoms with E-state index in [0.717, 1.165) is 28.7 Å². The lowest BCUT2D eigenvalue weighted by Crippen LogP contribution is -2.35. The molecule has 2 aliphatic rings. The second-order valence-electron chi connectivity index (χ2n) is 6.76. The number of nitrogens with zero attached hydrogens (tertiary/aromatic N) is 2. The Labute approximate surface area is 141 Å². The van der Waals surface area contributed by atoms with Gasteiger partial charge in [0, 0.05) is 23.8 Å². The van der Waals surface area contributed by atoms with Crippen molar-refractivity contribution in [1.29, 1.82) is 0 Å². The first-order valence-corrected chi connectivity index (χ1v) is 9.19. The second-order valence-corrected chi connectivity index (χ2v) is 7.54. The topological polar surface area (TPSA) is 76.5 Å². The van der Waals surface area contributed by atoms with Crippen LogP contribution in [0.25, 0.3) is 0 Å². The maximum atomic E-state index is 9.66. The second kappa shape index (κ2) is 6.20. The molecule has 4 unspecified atom stereocenters. The van der Waals surface area contributed by atoms with Gasteiger partial charge in [0.25, 0.3) is 0 Å². The normalized spacial score (nSPS) is 32.1. The Bertz CT molecular complexity index is 596. The van der Waals surface area contributed by atoms with Gasteiger partial charge in [0.05, 0.1) is 12.1 Å². The quantitative estimate of drug-likeness (QED) is 0.643. The van der Waals surface area contributed by atoms with E-state index in [2.05, 4.69) is 15.3 Å². The zero-order valence-electron chi connectivity index (χ0n) is 14.3. The summed E-state index contributed by atoms with van der Waals surface area (Å²) in [6.45, 7) is 7.96. The van der Waals surface area contributed by atoms with Gasteiger partial charge in [-0.05, 0) is 40.4 Å². The van der Waals surface area contributed by atoms with Crippen molar-refractivity contribution in [2.45, 2.75) is 63.3 Å². The van der Waals surface area contributed by atoms with Crippen LogP contribution < -0.4 is 5.32 Å². The van der Waals surface area contributed by atoms with Crippen LogP contribution in [0.2, 0.25) is 0 Å². The van der Waals surface area contributed by atoms with E-state index in [9.17, 15) is 5.11 Å². The third kappa shape index (κ3) is 3.20. The molecule has 0 aromatic carbocycles. The maximum absolute atomic E-state index is 9.66. The Morgan fingerprint density at radius 2 is 1.96 bits per heavy atom. The number of nitrogens with one attached hydrogen (secondary N) is 1. The van der Waals surface area contributed by atoms with E-state index in [4.69, 9.17) is 9.47 Å². The van der Waals surface area contributed by atoms with Crippen LogP contribution in [-0.4, -0.2) is 52.0 Å². The van der Waals surface area contributed by atoms with Gasteiger partial charge in [-0.2, -0.15) is 0 Å². The number of aliphatic hydroxyl groups excluding tert-OH is 1. The van der Waals surface area contributed by atoms with Crippen molar-refractivity contribution >= 4 is 17.6 Å². The smallest absolute Gasteiger partial charge is 0.189 e. The molecule has 2 N–H and O–H groups in total. The van der Waals surface area contributed by atoms with E-state index in [1.54, 1.807) is 0 Å². The van der Waals surface area contributed by atoms with E-state index < -0.39 is 5.79 Å². The molecule has 2 heterocycles. The van der Waals surface area contributed by atoms with Gasteiger partial charge in [-0.3, -0.25) is 0 Å². The predicted octanol–water partition coefficient (Wildman–Crippen LogP) is 2.13. The fourth-order valence-corrected chi connectivity index (χ4v) is 3.83. The number of thioether (sulfide) groups is 1. The highest BCUT2D eigenvalue weighted by Gasteiger charge is 2.53. The van der Waals surface area contributed by atoms with E-state index in [1.165, 1.54) is 11.8 Å². The van der Waals surface area contributed by atoms with Gasteiger partial charge in [-0.1, -0.05) is 11.8 Å². The fourth-order valence-electron chi connectivity index (χ4n) is 3.42. The SMILES string of the molecule is CSc1nc(C)c(C)c(NC2CC(CO)C3OC(C)(C)OC23)n1. The average molecular weight is 339 g/mol. The van der Waals surface area contributed by atoms with Gasteiger partial charge in [0.1, 0.15) is 11.9 Å². The Hall–Kier alpha value is -0.890. The van der Waals surface area contributed by atoms with Crippen molar-refractivity contribution in [1.82, 2.24) is 9.97 Å². The molecule has 1 aromatic heterocycles. The van der Waals surface area contributed by atoms with Crippen LogP contribution in [0.1, 0.15) is 31.5 Å². The molecule has 0 bridgehead atoms. The zero-order valence-corrected chi connectivity index (χ0v) is 15.1. The molecule has 3 rings (SSSR count). The summed E-state index contributed by atoms with van der Waals surface area (Å²) in [6, 6.07) is 0.0710. The van der Waals surface area contributed by atoms with Crippen LogP contribution in [0.3, 0.4) is 0 Å². The summed E-state index contributed by atoms with van der Waals surface area (Å²) in [5.74, 6) is 0.324. The van der Waals surface area contributed by atoms with Gasteiger partial charge >= 0.3 is 0 Å². The summed E-state index contributed by atoms with van der Waals surface area (Å²) in [5.41, 5.74) is 2.02. The summed E-state index contributed by atoms with van der Waals surface area (Å²) in [7, 11) is 0. The predicted molar refractivity (Wildman–Crippen MR) is 89.7 cm³/mol. The van der Waals surface area contributed by atoms with Crippen molar-refractivity contribution in [2.75, 3.05) is 18.2 Å². The number of hydrogen-bond acceptors (Lipinski definition) is 7. The van der Waals surface area contributed by atoms with Gasteiger partial charge in [-0.25, -0.2) is 9.97 Å². The molecule has 1 aromatic rings. The van der Waals surface area contributed by atoms with Gasteiger partial charge in [0.2, 0.25) is 0 Å². The molecule has 1 aliphatic heterocycles. The van der Waals surface area contributed by atoms with E-state index >= 15 is 0 Å². The minimum absolute atomic E-state index is 0.0710. The van der Waals surface area contributed by atoms with Crippen molar-refractivity contribution in [3.63, 3.8) is 0 Å². The monoisotopic (exact) mass is 339 g/mol. The lowest BCUT2D eigenvalue weighted by molar-refractivity contribution is -0.158. The lowest BCUT2D eigenvalue weighted by atomic mass is 10.1. The Morgan fingerprint density at radius 1 is 1.26 bits per heavy atom. The minimum Gasteiger partial charge on any atom is -0.396 e. The number of ether oxygens (including phenoxy) is 2. The fraction of sp³-hybridized carbons (Fsp3) is 0.750. The van der Waals surface area contributed by atoms with Crippen LogP contribution in [-0.2, 0) is 9.47 Å². The first kappa shape index (κ1) is 17.0. The number of aliphatic hydroxyl groups is 1. The molecule has 128 valence electrons. The third-order valence-electron chi connectivity index (χ3n) is 4.69. The highest BCUT2D eigenvalue weighted by atomic mass is 32.2. The average Bonchev–Trinajstić information content (AvgIpc) is 2.97. The Morgan fingerprint density at radius 3 is 2.61 bits per heavy atom. The largest absolute Gasteiger partial charge is 0.396 e. The molecule has 4 atom stereocenters. The van der Waals surface area contributed by atoms with Gasteiger partial charge < -0.3 is 19.9 Å². The van der Waals surface area contributed by atoms with Crippen LogP contribution >= 0.6 is 11.8 Å². The van der Waals surface area contributed by atoms with Gasteiger partial charge in [0.15, 0.2) is 10.9 Å². The summed E-state index contributed by atoms with van der Waals surface area (Å²) in [6.07, 6.45) is 2.63. The molecule has 6 nitrogen and oxygen atoms in total. The number of fused-ring (bicyclic) bond motifs is 1. The molecular weight excluding hydrogens is 314 g/mol. The summed E-state index contributed by atoms with van der Waals surface area (Å²) in [5, 5.41) is 13.9. The number of hydrogen-bond donors (Lipinski definition) is 2. The van der Waals surface area contributed by atoms with Gasteiger partial charge in [-0.15, -0.1) is 0 Å². The number of aromatic nitrogens is 2. The molecule has 23 heavy (non-hydrogen) atoms. The number of anilines is 1. The maximum Gasteiger partial charge on any atom is 0.189 e. The molecule has 2 fully saturated rings. The van der Waals surface area contributed by atoms with Crippen LogP contribution in [0.5, 0.6) is 0 Å². The van der Waals surface area contributed by atoms with E-state index in [-0.39, 0.29) is 30.8 Å². The molecule has 7 heteroatoms. The Kier molecular flexibility index (Phi) is 4.57. The van der Waals surface area contributed by atoms with Crippen molar-refractivity contribution in [3.05, 3.63) is 11.3 Å². The van der Waals surface area contributed by atoms with Crippen LogP contribution in [0, 0.1) is 19.8 Å². The van der Waals surface area contributed by atoms with Crippen LogP contribution in [0.4, 0.5) is 5.82 Å². The third-order valence-corrected chi connectivity index (χ3v) is 5.24. The molecule has 0 amide bonds. The molecule has 1 saturated carbocycles. The molecule has 1 saturated heterocycles. The minimum atomic E-state index is -0.607. The molecule has 0 radical (unpaired) electrons. The van der Waals surface area contributed by atoms with E-state index in [1.807, 2.05) is 34.0 Å². The highest BCUT2D eigenvalue weighted by Crippen LogP contribution is 2.42. The zero-order chi connectivity index (χ0) is 16.8. The highest BCUT2D eigenvalue weighted by molar-refractivity contribution is 7.98. The van der Waals surface area contributed by atoms with E-state index in [0.29, 0.717) is 0 Å². The van der Waals surface area contributed by atoms with Crippen molar-refractivity contribution in [2.24, 2.45) is 5.92 Å².